The van der Waals surface area contributed by atoms with Gasteiger partial charge >= 0.3 is 0 Å². The maximum atomic E-state index is 11.2. The number of hydrogen-bond acceptors (Lipinski definition) is 6. The summed E-state index contributed by atoms with van der Waals surface area (Å²) in [5.74, 6) is 0. The van der Waals surface area contributed by atoms with Crippen molar-refractivity contribution >= 4 is 0 Å². The predicted octanol–water partition coefficient (Wildman–Crippen LogP) is 7.20. The number of nitrogens with zero attached hydrogens (tertiary/aromatic N) is 1. The summed E-state index contributed by atoms with van der Waals surface area (Å²) >= 11 is 0. The lowest BCUT2D eigenvalue weighted by Crippen LogP contribution is -2.69. The maximum Gasteiger partial charge on any atom is 0.113 e. The minimum Gasteiger partial charge on any atom is -0.395 e. The number of hydrogen-bond donors (Lipinski definition) is 1. The van der Waals surface area contributed by atoms with Crippen molar-refractivity contribution in [3.63, 3.8) is 0 Å². The van der Waals surface area contributed by atoms with Crippen LogP contribution in [0.1, 0.15) is 27.8 Å². The van der Waals surface area contributed by atoms with E-state index in [1.165, 1.54) is 0 Å². The standard InChI is InChI=1S/C42H45NO5/c44-27-38-40(46-29-35-20-10-3-11-21-35)42(48-31-37-24-14-5-15-25-37)41(47-30-36-22-12-4-13-23-36)39(32-45-28-34-18-8-2-9-19-34)43(38)26-33-16-6-1-7-17-33/h1-25,38-42,44H,26-32H2/t38-,39-,40-,41-,42+/m0/s1. The van der Waals surface area contributed by atoms with Crippen molar-refractivity contribution in [2.75, 3.05) is 13.2 Å². The smallest absolute Gasteiger partial charge is 0.113 e. The van der Waals surface area contributed by atoms with Gasteiger partial charge in [0.05, 0.1) is 51.7 Å². The number of aliphatic hydroxyl groups excluding tert-OH is 1. The van der Waals surface area contributed by atoms with Gasteiger partial charge in [0.15, 0.2) is 0 Å². The summed E-state index contributed by atoms with van der Waals surface area (Å²) in [6.07, 6.45) is -1.42. The molecule has 6 nitrogen and oxygen atoms in total. The summed E-state index contributed by atoms with van der Waals surface area (Å²) in [6, 6.07) is 50.5. The predicted molar refractivity (Wildman–Crippen MR) is 188 cm³/mol. The molecule has 48 heavy (non-hydrogen) atoms. The van der Waals surface area contributed by atoms with E-state index in [-0.39, 0.29) is 18.7 Å². The Labute approximate surface area is 284 Å². The lowest BCUT2D eigenvalue weighted by Gasteiger charge is -2.52. The van der Waals surface area contributed by atoms with E-state index >= 15 is 0 Å². The summed E-state index contributed by atoms with van der Waals surface area (Å²) in [6.45, 7) is 2.50. The molecule has 0 amide bonds. The Balaban J connectivity index is 1.37. The molecule has 0 aromatic heterocycles. The molecule has 1 heterocycles. The van der Waals surface area contributed by atoms with Crippen LogP contribution in [0.4, 0.5) is 0 Å². The van der Waals surface area contributed by atoms with Crippen LogP contribution in [0.3, 0.4) is 0 Å². The van der Waals surface area contributed by atoms with Crippen LogP contribution in [-0.2, 0) is 51.9 Å². The molecule has 5 aromatic rings. The molecule has 6 rings (SSSR count). The van der Waals surface area contributed by atoms with E-state index in [2.05, 4.69) is 65.6 Å². The molecule has 0 radical (unpaired) electrons. The van der Waals surface area contributed by atoms with Gasteiger partial charge in [0.1, 0.15) is 18.3 Å². The first-order valence-corrected chi connectivity index (χ1v) is 16.8. The molecule has 5 atom stereocenters. The number of piperidine rings is 1. The summed E-state index contributed by atoms with van der Waals surface area (Å²) < 4.78 is 27.1. The fraction of sp³-hybridized carbons (Fsp3) is 0.286. The Morgan fingerprint density at radius 1 is 0.417 bits per heavy atom. The highest BCUT2D eigenvalue weighted by Gasteiger charge is 2.51. The largest absolute Gasteiger partial charge is 0.395 e. The number of rotatable bonds is 16. The zero-order valence-corrected chi connectivity index (χ0v) is 27.3. The van der Waals surface area contributed by atoms with Gasteiger partial charge < -0.3 is 24.1 Å². The van der Waals surface area contributed by atoms with Crippen LogP contribution in [0.25, 0.3) is 0 Å². The highest BCUT2D eigenvalue weighted by Crippen LogP contribution is 2.34. The van der Waals surface area contributed by atoms with E-state index in [1.54, 1.807) is 0 Å². The lowest BCUT2D eigenvalue weighted by atomic mass is 9.86. The Hall–Kier alpha value is -4.14. The van der Waals surface area contributed by atoms with Crippen LogP contribution in [0.2, 0.25) is 0 Å². The Morgan fingerprint density at radius 2 is 0.771 bits per heavy atom. The normalized spacial score (nSPS) is 21.2. The van der Waals surface area contributed by atoms with E-state index in [9.17, 15) is 5.11 Å². The number of ether oxygens (including phenoxy) is 4. The van der Waals surface area contributed by atoms with Crippen LogP contribution in [-0.4, -0.2) is 53.6 Å². The Kier molecular flexibility index (Phi) is 12.6. The van der Waals surface area contributed by atoms with Crippen molar-refractivity contribution in [3.05, 3.63) is 179 Å². The maximum absolute atomic E-state index is 11.2. The van der Waals surface area contributed by atoms with Gasteiger partial charge in [-0.05, 0) is 27.8 Å². The van der Waals surface area contributed by atoms with E-state index in [0.29, 0.717) is 39.6 Å². The molecule has 248 valence electrons. The van der Waals surface area contributed by atoms with Crippen molar-refractivity contribution < 1.29 is 24.1 Å². The van der Waals surface area contributed by atoms with Crippen molar-refractivity contribution in [3.8, 4) is 0 Å². The highest BCUT2D eigenvalue weighted by molar-refractivity contribution is 5.19. The molecular weight excluding hydrogens is 598 g/mol. The summed E-state index contributed by atoms with van der Waals surface area (Å²) in [7, 11) is 0. The fourth-order valence-corrected chi connectivity index (χ4v) is 6.45. The van der Waals surface area contributed by atoms with Gasteiger partial charge in [-0.1, -0.05) is 152 Å². The average molecular weight is 644 g/mol. The van der Waals surface area contributed by atoms with Gasteiger partial charge in [0, 0.05) is 6.54 Å². The molecular formula is C42H45NO5. The SMILES string of the molecule is OC[C@H]1[C@H](OCc2ccccc2)[C@@H](OCc2ccccc2)[C@@H](OCc2ccccc2)[C@H](COCc2ccccc2)N1Cc1ccccc1. The quantitative estimate of drug-likeness (QED) is 0.123. The van der Waals surface area contributed by atoms with Gasteiger partial charge in [0.2, 0.25) is 0 Å². The third kappa shape index (κ3) is 9.26. The zero-order valence-electron chi connectivity index (χ0n) is 27.3. The zero-order chi connectivity index (χ0) is 32.8. The molecule has 1 saturated heterocycles. The van der Waals surface area contributed by atoms with E-state index in [4.69, 9.17) is 18.9 Å². The number of benzene rings is 5. The van der Waals surface area contributed by atoms with Crippen LogP contribution in [0.15, 0.2) is 152 Å². The minimum absolute atomic E-state index is 0.113. The molecule has 0 spiro atoms. The minimum atomic E-state index is -0.493. The first-order valence-electron chi connectivity index (χ1n) is 16.8. The van der Waals surface area contributed by atoms with Gasteiger partial charge in [-0.2, -0.15) is 0 Å². The molecule has 0 saturated carbocycles. The molecule has 5 aromatic carbocycles. The average Bonchev–Trinajstić information content (AvgIpc) is 3.15. The van der Waals surface area contributed by atoms with Crippen molar-refractivity contribution in [1.29, 1.82) is 0 Å². The number of aliphatic hydroxyl groups is 1. The van der Waals surface area contributed by atoms with Crippen LogP contribution >= 0.6 is 0 Å². The molecule has 0 aliphatic carbocycles. The topological polar surface area (TPSA) is 60.4 Å². The monoisotopic (exact) mass is 643 g/mol. The van der Waals surface area contributed by atoms with Crippen LogP contribution in [0, 0.1) is 0 Å². The second-order valence-electron chi connectivity index (χ2n) is 12.3. The fourth-order valence-electron chi connectivity index (χ4n) is 6.45. The van der Waals surface area contributed by atoms with Crippen molar-refractivity contribution in [2.45, 2.75) is 63.4 Å². The molecule has 6 heteroatoms. The van der Waals surface area contributed by atoms with E-state index in [1.807, 2.05) is 91.0 Å². The third-order valence-electron chi connectivity index (χ3n) is 8.91. The van der Waals surface area contributed by atoms with Gasteiger partial charge in [0.25, 0.3) is 0 Å². The second kappa shape index (κ2) is 17.9. The van der Waals surface area contributed by atoms with Gasteiger partial charge in [-0.25, -0.2) is 0 Å². The van der Waals surface area contributed by atoms with Crippen LogP contribution < -0.4 is 0 Å². The van der Waals surface area contributed by atoms with Gasteiger partial charge in [-0.15, -0.1) is 0 Å². The first-order chi connectivity index (χ1) is 23.8. The molecule has 1 aliphatic heterocycles. The van der Waals surface area contributed by atoms with Crippen molar-refractivity contribution in [1.82, 2.24) is 4.90 Å². The summed E-state index contributed by atoms with van der Waals surface area (Å²) in [5, 5.41) is 11.2. The van der Waals surface area contributed by atoms with E-state index < -0.39 is 18.3 Å². The Morgan fingerprint density at radius 3 is 1.19 bits per heavy atom. The van der Waals surface area contributed by atoms with E-state index in [0.717, 1.165) is 27.8 Å². The lowest BCUT2D eigenvalue weighted by molar-refractivity contribution is -0.235. The second-order valence-corrected chi connectivity index (χ2v) is 12.3. The Bertz CT molecular complexity index is 1590. The third-order valence-corrected chi connectivity index (χ3v) is 8.91. The number of likely N-dealkylation sites (tertiary alicyclic amines) is 1. The molecule has 1 fully saturated rings. The highest BCUT2D eigenvalue weighted by atomic mass is 16.6. The molecule has 1 aliphatic rings. The summed E-state index contributed by atoms with van der Waals surface area (Å²) in [5.41, 5.74) is 5.43. The molecule has 0 bridgehead atoms. The molecule has 0 unspecified atom stereocenters. The van der Waals surface area contributed by atoms with Crippen LogP contribution in [0.5, 0.6) is 0 Å². The first kappa shape index (κ1) is 33.7. The van der Waals surface area contributed by atoms with Gasteiger partial charge in [-0.3, -0.25) is 4.90 Å². The summed E-state index contributed by atoms with van der Waals surface area (Å²) in [4.78, 5) is 2.31. The molecule has 1 N–H and O–H groups in total. The van der Waals surface area contributed by atoms with Crippen molar-refractivity contribution in [2.24, 2.45) is 0 Å².